The fourth-order valence-corrected chi connectivity index (χ4v) is 3.50. The molecule has 1 N–H and O–H groups in total. The third-order valence-electron chi connectivity index (χ3n) is 3.40. The fraction of sp³-hybridized carbons (Fsp3) is 0.625. The Labute approximate surface area is 129 Å². The monoisotopic (exact) mass is 312 g/mol. The molecule has 5 heteroatoms. The molecule has 0 aliphatic carbocycles. The van der Waals surface area contributed by atoms with Crippen LogP contribution in [0.25, 0.3) is 0 Å². The molecule has 1 atom stereocenters. The van der Waals surface area contributed by atoms with Crippen molar-refractivity contribution in [3.05, 3.63) is 24.3 Å². The third kappa shape index (κ3) is 5.67. The predicted octanol–water partition coefficient (Wildman–Crippen LogP) is 2.87. The van der Waals surface area contributed by atoms with Crippen LogP contribution in [-0.2, 0) is 9.84 Å². The van der Waals surface area contributed by atoms with Crippen molar-refractivity contribution < 1.29 is 8.42 Å². The molecule has 1 aromatic rings. The minimum absolute atomic E-state index is 0.203. The number of hydrogen-bond acceptors (Lipinski definition) is 4. The highest BCUT2D eigenvalue weighted by atomic mass is 32.2. The van der Waals surface area contributed by atoms with E-state index in [1.54, 1.807) is 12.1 Å². The highest BCUT2D eigenvalue weighted by Crippen LogP contribution is 2.18. The SMILES string of the molecule is CCCS(=O)(=O)c1ccc(NC(CN(C)C)C(C)C)cc1. The zero-order chi connectivity index (χ0) is 16.0. The van der Waals surface area contributed by atoms with Gasteiger partial charge in [-0.2, -0.15) is 0 Å². The maximum Gasteiger partial charge on any atom is 0.178 e. The van der Waals surface area contributed by atoms with Crippen molar-refractivity contribution >= 4 is 15.5 Å². The number of nitrogens with one attached hydrogen (secondary N) is 1. The second-order valence-corrected chi connectivity index (χ2v) is 8.21. The largest absolute Gasteiger partial charge is 0.381 e. The van der Waals surface area contributed by atoms with E-state index in [1.807, 2.05) is 19.1 Å². The number of sulfone groups is 1. The van der Waals surface area contributed by atoms with Crippen LogP contribution in [0.15, 0.2) is 29.2 Å². The van der Waals surface area contributed by atoms with Crippen LogP contribution in [0, 0.1) is 5.92 Å². The molecule has 4 nitrogen and oxygen atoms in total. The van der Waals surface area contributed by atoms with Gasteiger partial charge in [0.1, 0.15) is 0 Å². The summed E-state index contributed by atoms with van der Waals surface area (Å²) in [6.07, 6.45) is 0.639. The minimum Gasteiger partial charge on any atom is -0.381 e. The Morgan fingerprint density at radius 1 is 1.14 bits per heavy atom. The Bertz CT molecular complexity index is 522. The fourth-order valence-electron chi connectivity index (χ4n) is 2.18. The lowest BCUT2D eigenvalue weighted by Crippen LogP contribution is -2.36. The maximum absolute atomic E-state index is 12.0. The van der Waals surface area contributed by atoms with Gasteiger partial charge in [-0.1, -0.05) is 20.8 Å². The van der Waals surface area contributed by atoms with E-state index < -0.39 is 9.84 Å². The van der Waals surface area contributed by atoms with Gasteiger partial charge in [0.15, 0.2) is 9.84 Å². The van der Waals surface area contributed by atoms with Crippen molar-refractivity contribution in [3.8, 4) is 0 Å². The molecule has 1 aromatic carbocycles. The quantitative estimate of drug-likeness (QED) is 0.802. The molecular weight excluding hydrogens is 284 g/mol. The van der Waals surface area contributed by atoms with Gasteiger partial charge in [-0.25, -0.2) is 8.42 Å². The summed E-state index contributed by atoms with van der Waals surface area (Å²) in [7, 11) is 0.979. The summed E-state index contributed by atoms with van der Waals surface area (Å²) in [6, 6.07) is 7.43. The van der Waals surface area contributed by atoms with Crippen LogP contribution >= 0.6 is 0 Å². The Kier molecular flexibility index (Phi) is 6.68. The molecule has 0 aliphatic heterocycles. The molecule has 0 saturated carbocycles. The number of benzene rings is 1. The molecule has 21 heavy (non-hydrogen) atoms. The van der Waals surface area contributed by atoms with Crippen LogP contribution in [0.4, 0.5) is 5.69 Å². The molecule has 0 saturated heterocycles. The first-order valence-corrected chi connectivity index (χ1v) is 9.15. The van der Waals surface area contributed by atoms with Crippen LogP contribution in [0.1, 0.15) is 27.2 Å². The molecule has 0 aromatic heterocycles. The maximum atomic E-state index is 12.0. The van der Waals surface area contributed by atoms with Gasteiger partial charge in [-0.15, -0.1) is 0 Å². The van der Waals surface area contributed by atoms with E-state index in [-0.39, 0.29) is 5.75 Å². The molecule has 0 fully saturated rings. The van der Waals surface area contributed by atoms with E-state index in [4.69, 9.17) is 0 Å². The van der Waals surface area contributed by atoms with Gasteiger partial charge < -0.3 is 10.2 Å². The van der Waals surface area contributed by atoms with E-state index >= 15 is 0 Å². The third-order valence-corrected chi connectivity index (χ3v) is 5.34. The lowest BCUT2D eigenvalue weighted by molar-refractivity contribution is 0.344. The second-order valence-electron chi connectivity index (χ2n) is 6.10. The van der Waals surface area contributed by atoms with Crippen LogP contribution in [0.3, 0.4) is 0 Å². The number of rotatable bonds is 8. The molecule has 0 aliphatic rings. The summed E-state index contributed by atoms with van der Waals surface area (Å²) in [5.41, 5.74) is 0.964. The first-order valence-electron chi connectivity index (χ1n) is 7.50. The Balaban J connectivity index is 2.82. The van der Waals surface area contributed by atoms with Gasteiger partial charge in [-0.3, -0.25) is 0 Å². The molecule has 1 unspecified atom stereocenters. The van der Waals surface area contributed by atoms with Crippen molar-refractivity contribution in [1.82, 2.24) is 4.90 Å². The highest BCUT2D eigenvalue weighted by Gasteiger charge is 2.16. The van der Waals surface area contributed by atoms with E-state index in [1.165, 1.54) is 0 Å². The first-order chi connectivity index (χ1) is 9.76. The van der Waals surface area contributed by atoms with Gasteiger partial charge in [0.2, 0.25) is 0 Å². The number of likely N-dealkylation sites (N-methyl/N-ethyl adjacent to an activating group) is 1. The van der Waals surface area contributed by atoms with E-state index in [0.29, 0.717) is 23.3 Å². The van der Waals surface area contributed by atoms with Crippen molar-refractivity contribution in [1.29, 1.82) is 0 Å². The van der Waals surface area contributed by atoms with Gasteiger partial charge in [0.05, 0.1) is 10.6 Å². The summed E-state index contributed by atoms with van der Waals surface area (Å²) in [5.74, 6) is 0.700. The van der Waals surface area contributed by atoms with E-state index in [9.17, 15) is 8.42 Å². The highest BCUT2D eigenvalue weighted by molar-refractivity contribution is 7.91. The van der Waals surface area contributed by atoms with Crippen molar-refractivity contribution in [2.24, 2.45) is 5.92 Å². The topological polar surface area (TPSA) is 49.4 Å². The van der Waals surface area contributed by atoms with Crippen LogP contribution < -0.4 is 5.32 Å². The molecule has 120 valence electrons. The molecule has 0 heterocycles. The number of hydrogen-bond donors (Lipinski definition) is 1. The average Bonchev–Trinajstić information content (AvgIpc) is 2.38. The summed E-state index contributed by atoms with van der Waals surface area (Å²) < 4.78 is 24.0. The summed E-state index contributed by atoms with van der Waals surface area (Å²) in [4.78, 5) is 2.56. The molecular formula is C16H28N2O2S. The molecule has 1 rings (SSSR count). The van der Waals surface area contributed by atoms with Crippen LogP contribution in [-0.4, -0.2) is 45.8 Å². The Hall–Kier alpha value is -1.07. The standard InChI is InChI=1S/C16H28N2O2S/c1-6-11-21(19,20)15-9-7-14(8-10-15)17-16(13(2)3)12-18(4)5/h7-10,13,16-17H,6,11-12H2,1-5H3. The normalized spacial score (nSPS) is 13.7. The Morgan fingerprint density at radius 3 is 2.14 bits per heavy atom. The van der Waals surface area contributed by atoms with E-state index in [0.717, 1.165) is 12.2 Å². The first kappa shape index (κ1) is 18.0. The number of nitrogens with zero attached hydrogens (tertiary/aromatic N) is 1. The smallest absolute Gasteiger partial charge is 0.178 e. The second kappa shape index (κ2) is 7.80. The average molecular weight is 312 g/mol. The van der Waals surface area contributed by atoms with E-state index in [2.05, 4.69) is 38.2 Å². The predicted molar refractivity (Wildman–Crippen MR) is 89.6 cm³/mol. The lowest BCUT2D eigenvalue weighted by Gasteiger charge is -2.26. The van der Waals surface area contributed by atoms with Crippen molar-refractivity contribution in [2.75, 3.05) is 31.7 Å². The lowest BCUT2D eigenvalue weighted by atomic mass is 10.0. The summed E-state index contributed by atoms with van der Waals surface area (Å²) >= 11 is 0. The van der Waals surface area contributed by atoms with Gasteiger partial charge >= 0.3 is 0 Å². The Morgan fingerprint density at radius 2 is 1.71 bits per heavy atom. The van der Waals surface area contributed by atoms with Crippen LogP contribution in [0.2, 0.25) is 0 Å². The molecule has 0 radical (unpaired) electrons. The van der Waals surface area contributed by atoms with Gasteiger partial charge in [-0.05, 0) is 50.7 Å². The minimum atomic E-state index is -3.13. The zero-order valence-corrected chi connectivity index (χ0v) is 14.6. The molecule has 0 amide bonds. The number of anilines is 1. The van der Waals surface area contributed by atoms with Crippen molar-refractivity contribution in [3.63, 3.8) is 0 Å². The van der Waals surface area contributed by atoms with Gasteiger partial charge in [0, 0.05) is 18.3 Å². The zero-order valence-electron chi connectivity index (χ0n) is 13.8. The summed E-state index contributed by atoms with van der Waals surface area (Å²) in [5, 5.41) is 3.48. The summed E-state index contributed by atoms with van der Waals surface area (Å²) in [6.45, 7) is 7.18. The van der Waals surface area contributed by atoms with Gasteiger partial charge in [0.25, 0.3) is 0 Å². The molecule has 0 bridgehead atoms. The van der Waals surface area contributed by atoms with Crippen molar-refractivity contribution in [2.45, 2.75) is 38.1 Å². The van der Waals surface area contributed by atoms with Crippen LogP contribution in [0.5, 0.6) is 0 Å². The molecule has 0 spiro atoms.